The summed E-state index contributed by atoms with van der Waals surface area (Å²) in [6.45, 7) is 4.43. The molecule has 0 saturated carbocycles. The summed E-state index contributed by atoms with van der Waals surface area (Å²) in [5.74, 6) is 1.62. The molecule has 0 radical (unpaired) electrons. The van der Waals surface area contributed by atoms with Crippen molar-refractivity contribution in [3.8, 4) is 0 Å². The van der Waals surface area contributed by atoms with Crippen molar-refractivity contribution in [3.63, 3.8) is 0 Å². The van der Waals surface area contributed by atoms with Crippen molar-refractivity contribution in [1.29, 1.82) is 0 Å². The number of anilines is 1. The molecule has 0 aliphatic carbocycles. The van der Waals surface area contributed by atoms with E-state index < -0.39 is 0 Å². The second-order valence-electron chi connectivity index (χ2n) is 4.71. The number of nitrogens with zero attached hydrogens (tertiary/aromatic N) is 2. The maximum atomic E-state index is 5.84. The quantitative estimate of drug-likeness (QED) is 0.859. The molecule has 2 aromatic rings. The molecule has 2 rings (SSSR count). The Bertz CT molecular complexity index is 505. The normalized spacial score (nSPS) is 12.2. The lowest BCUT2D eigenvalue weighted by Crippen LogP contribution is -2.31. The molecule has 1 aromatic heterocycles. The fourth-order valence-electron chi connectivity index (χ4n) is 2.09. The number of nitrogens with two attached hydrogens (primary N) is 1. The van der Waals surface area contributed by atoms with Crippen LogP contribution < -0.4 is 11.1 Å². The number of hydrogen-bond acceptors (Lipinski definition) is 4. The van der Waals surface area contributed by atoms with E-state index >= 15 is 0 Å². The molecule has 0 spiro atoms. The third kappa shape index (κ3) is 4.03. The smallest absolute Gasteiger partial charge is 0.130 e. The fraction of sp³-hybridized carbons (Fsp3) is 0.333. The predicted molar refractivity (Wildman–Crippen MR) is 78.1 cm³/mol. The minimum Gasteiger partial charge on any atom is -0.366 e. The third-order valence-corrected chi connectivity index (χ3v) is 2.93. The molecule has 0 saturated heterocycles. The van der Waals surface area contributed by atoms with Crippen molar-refractivity contribution in [2.45, 2.75) is 26.3 Å². The number of hydrogen-bond donors (Lipinski definition) is 2. The van der Waals surface area contributed by atoms with Gasteiger partial charge in [-0.3, -0.25) is 0 Å². The largest absolute Gasteiger partial charge is 0.366 e. The molecule has 1 aromatic carbocycles. The molecular formula is C15H20N4. The van der Waals surface area contributed by atoms with Gasteiger partial charge in [0.15, 0.2) is 0 Å². The first-order valence-corrected chi connectivity index (χ1v) is 6.50. The summed E-state index contributed by atoms with van der Waals surface area (Å²) in [6, 6.07) is 12.5. The van der Waals surface area contributed by atoms with Crippen LogP contribution in [0.1, 0.15) is 17.1 Å². The van der Waals surface area contributed by atoms with Crippen LogP contribution in [0, 0.1) is 13.8 Å². The maximum absolute atomic E-state index is 5.84. The highest BCUT2D eigenvalue weighted by atomic mass is 15.1. The Morgan fingerprint density at radius 3 is 2.53 bits per heavy atom. The van der Waals surface area contributed by atoms with E-state index in [0.717, 1.165) is 23.8 Å². The van der Waals surface area contributed by atoms with Gasteiger partial charge in [0, 0.05) is 24.3 Å². The Morgan fingerprint density at radius 1 is 1.16 bits per heavy atom. The van der Waals surface area contributed by atoms with Gasteiger partial charge in [0.1, 0.15) is 11.6 Å². The molecule has 0 fully saturated rings. The maximum Gasteiger partial charge on any atom is 0.130 e. The Kier molecular flexibility index (Phi) is 4.47. The SMILES string of the molecule is Cc1cc(NC(CN)Cc2ccccc2)nc(C)n1. The second kappa shape index (κ2) is 6.29. The molecule has 1 atom stereocenters. The molecule has 3 N–H and O–H groups in total. The van der Waals surface area contributed by atoms with Crippen LogP contribution in [-0.4, -0.2) is 22.6 Å². The van der Waals surface area contributed by atoms with Gasteiger partial charge >= 0.3 is 0 Å². The summed E-state index contributed by atoms with van der Waals surface area (Å²) in [4.78, 5) is 8.65. The number of rotatable bonds is 5. The predicted octanol–water partition coefficient (Wildman–Crippen LogP) is 2.08. The van der Waals surface area contributed by atoms with Crippen molar-refractivity contribution in [2.75, 3.05) is 11.9 Å². The Labute approximate surface area is 114 Å². The molecule has 100 valence electrons. The molecular weight excluding hydrogens is 236 g/mol. The van der Waals surface area contributed by atoms with E-state index in [4.69, 9.17) is 5.73 Å². The van der Waals surface area contributed by atoms with Crippen LogP contribution in [0.5, 0.6) is 0 Å². The van der Waals surface area contributed by atoms with Crippen molar-refractivity contribution in [1.82, 2.24) is 9.97 Å². The zero-order valence-electron chi connectivity index (χ0n) is 11.4. The lowest BCUT2D eigenvalue weighted by Gasteiger charge is -2.18. The van der Waals surface area contributed by atoms with E-state index in [1.807, 2.05) is 38.1 Å². The summed E-state index contributed by atoms with van der Waals surface area (Å²) in [7, 11) is 0. The van der Waals surface area contributed by atoms with Crippen molar-refractivity contribution in [3.05, 3.63) is 53.5 Å². The lowest BCUT2D eigenvalue weighted by molar-refractivity contribution is 0.718. The van der Waals surface area contributed by atoms with Crippen molar-refractivity contribution < 1.29 is 0 Å². The molecule has 4 nitrogen and oxygen atoms in total. The van der Waals surface area contributed by atoms with E-state index in [-0.39, 0.29) is 6.04 Å². The highest BCUT2D eigenvalue weighted by Gasteiger charge is 2.09. The summed E-state index contributed by atoms with van der Waals surface area (Å²) >= 11 is 0. The van der Waals surface area contributed by atoms with Gasteiger partial charge in [-0.05, 0) is 25.8 Å². The van der Waals surface area contributed by atoms with Gasteiger partial charge in [0.25, 0.3) is 0 Å². The number of aromatic nitrogens is 2. The summed E-state index contributed by atoms with van der Waals surface area (Å²) in [5, 5.41) is 3.38. The minimum absolute atomic E-state index is 0.177. The van der Waals surface area contributed by atoms with E-state index in [0.29, 0.717) is 6.54 Å². The number of aryl methyl sites for hydroxylation is 2. The van der Waals surface area contributed by atoms with Gasteiger partial charge in [-0.15, -0.1) is 0 Å². The Morgan fingerprint density at radius 2 is 1.89 bits per heavy atom. The molecule has 0 bridgehead atoms. The monoisotopic (exact) mass is 256 g/mol. The topological polar surface area (TPSA) is 63.8 Å². The molecule has 0 aliphatic rings. The Balaban J connectivity index is 2.06. The molecule has 1 heterocycles. The first-order chi connectivity index (χ1) is 9.17. The average molecular weight is 256 g/mol. The summed E-state index contributed by atoms with van der Waals surface area (Å²) in [5.41, 5.74) is 8.07. The lowest BCUT2D eigenvalue weighted by atomic mass is 10.1. The zero-order chi connectivity index (χ0) is 13.7. The molecule has 0 aliphatic heterocycles. The Hall–Kier alpha value is -1.94. The van der Waals surface area contributed by atoms with Crippen LogP contribution in [0.4, 0.5) is 5.82 Å². The van der Waals surface area contributed by atoms with Crippen molar-refractivity contribution in [2.24, 2.45) is 5.73 Å². The van der Waals surface area contributed by atoms with E-state index in [2.05, 4.69) is 27.4 Å². The van der Waals surface area contributed by atoms with Gasteiger partial charge in [-0.25, -0.2) is 9.97 Å². The highest BCUT2D eigenvalue weighted by molar-refractivity contribution is 5.37. The molecule has 1 unspecified atom stereocenters. The second-order valence-corrected chi connectivity index (χ2v) is 4.71. The fourth-order valence-corrected chi connectivity index (χ4v) is 2.09. The molecule has 4 heteroatoms. The van der Waals surface area contributed by atoms with Gasteiger partial charge in [0.05, 0.1) is 0 Å². The number of nitrogens with one attached hydrogen (secondary N) is 1. The van der Waals surface area contributed by atoms with Gasteiger partial charge in [0.2, 0.25) is 0 Å². The first kappa shape index (κ1) is 13.5. The van der Waals surface area contributed by atoms with Gasteiger partial charge < -0.3 is 11.1 Å². The first-order valence-electron chi connectivity index (χ1n) is 6.50. The van der Waals surface area contributed by atoms with Crippen LogP contribution in [0.25, 0.3) is 0 Å². The highest BCUT2D eigenvalue weighted by Crippen LogP contribution is 2.10. The van der Waals surface area contributed by atoms with E-state index in [1.54, 1.807) is 0 Å². The number of benzene rings is 1. The van der Waals surface area contributed by atoms with Gasteiger partial charge in [-0.2, -0.15) is 0 Å². The van der Waals surface area contributed by atoms with Crippen molar-refractivity contribution >= 4 is 5.82 Å². The summed E-state index contributed by atoms with van der Waals surface area (Å²) in [6.07, 6.45) is 0.888. The van der Waals surface area contributed by atoms with Crippen LogP contribution in [0.3, 0.4) is 0 Å². The molecule has 19 heavy (non-hydrogen) atoms. The van der Waals surface area contributed by atoms with E-state index in [9.17, 15) is 0 Å². The minimum atomic E-state index is 0.177. The van der Waals surface area contributed by atoms with E-state index in [1.165, 1.54) is 5.56 Å². The molecule has 0 amide bonds. The third-order valence-electron chi connectivity index (χ3n) is 2.93. The van der Waals surface area contributed by atoms with Crippen LogP contribution in [0.15, 0.2) is 36.4 Å². The van der Waals surface area contributed by atoms with Crippen LogP contribution in [0.2, 0.25) is 0 Å². The van der Waals surface area contributed by atoms with Crippen LogP contribution >= 0.6 is 0 Å². The van der Waals surface area contributed by atoms with Gasteiger partial charge in [-0.1, -0.05) is 30.3 Å². The average Bonchev–Trinajstić information content (AvgIpc) is 2.38. The standard InChI is InChI=1S/C15H20N4/c1-11-8-15(18-12(2)17-11)19-14(10-16)9-13-6-4-3-5-7-13/h3-8,14H,9-10,16H2,1-2H3,(H,17,18,19). The summed E-state index contributed by atoms with van der Waals surface area (Å²) < 4.78 is 0. The van der Waals surface area contributed by atoms with Crippen LogP contribution in [-0.2, 0) is 6.42 Å². The zero-order valence-corrected chi connectivity index (χ0v) is 11.4.